The van der Waals surface area contributed by atoms with Crippen LogP contribution < -0.4 is 5.32 Å². The second kappa shape index (κ2) is 5.31. The van der Waals surface area contributed by atoms with Gasteiger partial charge in [0.2, 0.25) is 0 Å². The first-order valence-corrected chi connectivity index (χ1v) is 9.42. The maximum absolute atomic E-state index is 12.7. The molecule has 0 spiro atoms. The molecule has 0 radical (unpaired) electrons. The van der Waals surface area contributed by atoms with E-state index < -0.39 is 0 Å². The third-order valence-electron chi connectivity index (χ3n) is 4.87. The number of nitrogens with zero attached hydrogens (tertiary/aromatic N) is 2. The number of carbonyl (C=O) groups is 1. The molecular formula is C19H23N3OS. The Kier molecular flexibility index (Phi) is 3.46. The van der Waals surface area contributed by atoms with Gasteiger partial charge in [0.25, 0.3) is 0 Å². The van der Waals surface area contributed by atoms with Crippen molar-refractivity contribution in [3.05, 3.63) is 44.9 Å². The normalized spacial score (nSPS) is 20.7. The highest BCUT2D eigenvalue weighted by Gasteiger charge is 2.40. The third kappa shape index (κ3) is 2.25. The van der Waals surface area contributed by atoms with Crippen LogP contribution in [-0.4, -0.2) is 15.6 Å². The Morgan fingerprint density at radius 1 is 1.33 bits per heavy atom. The quantitative estimate of drug-likeness (QED) is 0.826. The number of nitrogens with one attached hydrogen (secondary N) is 1. The van der Waals surface area contributed by atoms with Crippen molar-refractivity contribution in [2.75, 3.05) is 5.32 Å². The molecule has 0 saturated heterocycles. The fraction of sp³-hybridized carbons (Fsp3) is 0.474. The molecule has 3 heterocycles. The number of fused-ring (bicyclic) bond motifs is 1. The maximum atomic E-state index is 12.7. The number of hydrogen-bond donors (Lipinski definition) is 1. The van der Waals surface area contributed by atoms with Crippen molar-refractivity contribution in [2.45, 2.75) is 58.4 Å². The lowest BCUT2D eigenvalue weighted by atomic mass is 9.78. The molecule has 1 aliphatic heterocycles. The van der Waals surface area contributed by atoms with E-state index in [4.69, 9.17) is 5.10 Å². The van der Waals surface area contributed by atoms with E-state index in [0.717, 1.165) is 35.6 Å². The van der Waals surface area contributed by atoms with Gasteiger partial charge < -0.3 is 5.32 Å². The second-order valence-electron chi connectivity index (χ2n) is 7.67. The van der Waals surface area contributed by atoms with E-state index >= 15 is 0 Å². The van der Waals surface area contributed by atoms with Gasteiger partial charge in [0.1, 0.15) is 5.82 Å². The number of carbonyl (C=O) groups excluding carboxylic acids is 1. The van der Waals surface area contributed by atoms with Gasteiger partial charge in [-0.1, -0.05) is 6.07 Å². The fourth-order valence-electron chi connectivity index (χ4n) is 3.85. The zero-order valence-electron chi connectivity index (χ0n) is 14.6. The van der Waals surface area contributed by atoms with E-state index in [0.29, 0.717) is 6.42 Å². The van der Waals surface area contributed by atoms with E-state index in [-0.39, 0.29) is 17.2 Å². The van der Waals surface area contributed by atoms with Crippen molar-refractivity contribution in [3.8, 4) is 0 Å². The zero-order chi connectivity index (χ0) is 17.1. The maximum Gasteiger partial charge on any atom is 0.161 e. The van der Waals surface area contributed by atoms with Crippen LogP contribution in [0.25, 0.3) is 0 Å². The molecule has 24 heavy (non-hydrogen) atoms. The van der Waals surface area contributed by atoms with Crippen LogP contribution in [0.15, 0.2) is 28.8 Å². The summed E-state index contributed by atoms with van der Waals surface area (Å²) in [4.78, 5) is 14.0. The van der Waals surface area contributed by atoms with Crippen molar-refractivity contribution in [1.29, 1.82) is 0 Å². The predicted molar refractivity (Wildman–Crippen MR) is 97.6 cm³/mol. The lowest BCUT2D eigenvalue weighted by molar-refractivity contribution is -0.116. The summed E-state index contributed by atoms with van der Waals surface area (Å²) in [6.45, 7) is 8.55. The first-order chi connectivity index (χ1) is 11.4. The minimum absolute atomic E-state index is 0.0279. The Bertz CT molecular complexity index is 837. The summed E-state index contributed by atoms with van der Waals surface area (Å²) in [5.74, 6) is 1.38. The minimum atomic E-state index is -0.109. The Balaban J connectivity index is 1.98. The molecule has 1 atom stereocenters. The smallest absolute Gasteiger partial charge is 0.161 e. The fourth-order valence-corrected chi connectivity index (χ4v) is 4.69. The SMILES string of the molecule is Cc1nn(C(C)(C)C)c2c1C(c1cccs1)C1=C(CCCC1=O)N2. The number of anilines is 1. The van der Waals surface area contributed by atoms with Gasteiger partial charge in [0.05, 0.1) is 17.2 Å². The summed E-state index contributed by atoms with van der Waals surface area (Å²) in [7, 11) is 0. The topological polar surface area (TPSA) is 46.9 Å². The summed E-state index contributed by atoms with van der Waals surface area (Å²) in [5.41, 5.74) is 4.13. The molecule has 1 unspecified atom stereocenters. The average Bonchev–Trinajstić information content (AvgIpc) is 3.13. The molecule has 5 heteroatoms. The molecule has 0 bridgehead atoms. The van der Waals surface area contributed by atoms with Crippen LogP contribution >= 0.6 is 11.3 Å². The third-order valence-corrected chi connectivity index (χ3v) is 5.81. The molecular weight excluding hydrogens is 318 g/mol. The number of hydrogen-bond acceptors (Lipinski definition) is 4. The predicted octanol–water partition coefficient (Wildman–Crippen LogP) is 4.57. The molecule has 2 aromatic heterocycles. The largest absolute Gasteiger partial charge is 0.343 e. The summed E-state index contributed by atoms with van der Waals surface area (Å²) < 4.78 is 2.08. The van der Waals surface area contributed by atoms with Gasteiger partial charge >= 0.3 is 0 Å². The van der Waals surface area contributed by atoms with Crippen molar-refractivity contribution in [2.24, 2.45) is 0 Å². The minimum Gasteiger partial charge on any atom is -0.343 e. The van der Waals surface area contributed by atoms with E-state index in [1.165, 1.54) is 10.4 Å². The Labute approximate surface area is 146 Å². The van der Waals surface area contributed by atoms with Crippen LogP contribution in [-0.2, 0) is 10.3 Å². The highest BCUT2D eigenvalue weighted by molar-refractivity contribution is 7.10. The standard InChI is InChI=1S/C19H23N3OS/c1-11-15-17(14-9-6-10-24-14)16-12(7-5-8-13(16)23)20-18(15)22(21-11)19(2,3)4/h6,9-10,17,20H,5,7-8H2,1-4H3. The van der Waals surface area contributed by atoms with Crippen LogP contribution in [0, 0.1) is 6.92 Å². The van der Waals surface area contributed by atoms with Gasteiger partial charge in [-0.3, -0.25) is 4.79 Å². The molecule has 1 aliphatic carbocycles. The van der Waals surface area contributed by atoms with Crippen molar-refractivity contribution in [1.82, 2.24) is 9.78 Å². The number of thiophene rings is 1. The highest BCUT2D eigenvalue weighted by Crippen LogP contribution is 2.48. The number of aromatic nitrogens is 2. The van der Waals surface area contributed by atoms with Crippen LogP contribution in [0.4, 0.5) is 5.82 Å². The monoisotopic (exact) mass is 341 g/mol. The summed E-state index contributed by atoms with van der Waals surface area (Å²) in [5, 5.41) is 10.5. The van der Waals surface area contributed by atoms with Gasteiger partial charge in [-0.25, -0.2) is 4.68 Å². The highest BCUT2D eigenvalue weighted by atomic mass is 32.1. The van der Waals surface area contributed by atoms with Gasteiger partial charge in [0, 0.05) is 28.1 Å². The van der Waals surface area contributed by atoms with Crippen LogP contribution in [0.5, 0.6) is 0 Å². The van der Waals surface area contributed by atoms with E-state index in [1.807, 2.05) is 0 Å². The number of rotatable bonds is 1. The molecule has 1 N–H and O–H groups in total. The molecule has 0 saturated carbocycles. The Morgan fingerprint density at radius 3 is 2.79 bits per heavy atom. The van der Waals surface area contributed by atoms with Crippen molar-refractivity contribution < 1.29 is 4.79 Å². The van der Waals surface area contributed by atoms with E-state index in [9.17, 15) is 4.79 Å². The van der Waals surface area contributed by atoms with E-state index in [2.05, 4.69) is 55.2 Å². The summed E-state index contributed by atoms with van der Waals surface area (Å²) in [6, 6.07) is 4.21. The molecule has 2 aromatic rings. The number of ketones is 1. The number of aryl methyl sites for hydroxylation is 1. The second-order valence-corrected chi connectivity index (χ2v) is 8.65. The average molecular weight is 341 g/mol. The van der Waals surface area contributed by atoms with Gasteiger partial charge in [-0.05, 0) is 52.0 Å². The van der Waals surface area contributed by atoms with Crippen LogP contribution in [0.1, 0.15) is 62.1 Å². The molecule has 0 aromatic carbocycles. The molecule has 126 valence electrons. The Morgan fingerprint density at radius 2 is 2.12 bits per heavy atom. The van der Waals surface area contributed by atoms with Crippen molar-refractivity contribution in [3.63, 3.8) is 0 Å². The number of allylic oxidation sites excluding steroid dienone is 2. The molecule has 4 rings (SSSR count). The molecule has 0 fully saturated rings. The van der Waals surface area contributed by atoms with Crippen molar-refractivity contribution >= 4 is 22.9 Å². The van der Waals surface area contributed by atoms with Gasteiger partial charge in [-0.15, -0.1) is 11.3 Å². The lowest BCUT2D eigenvalue weighted by Crippen LogP contribution is -2.30. The van der Waals surface area contributed by atoms with Crippen LogP contribution in [0.3, 0.4) is 0 Å². The molecule has 4 nitrogen and oxygen atoms in total. The molecule has 2 aliphatic rings. The zero-order valence-corrected chi connectivity index (χ0v) is 15.5. The molecule has 0 amide bonds. The van der Waals surface area contributed by atoms with Gasteiger partial charge in [0.15, 0.2) is 5.78 Å². The van der Waals surface area contributed by atoms with E-state index in [1.54, 1.807) is 11.3 Å². The summed E-state index contributed by atoms with van der Waals surface area (Å²) in [6.07, 6.45) is 2.53. The summed E-state index contributed by atoms with van der Waals surface area (Å²) >= 11 is 1.73. The van der Waals surface area contributed by atoms with Gasteiger partial charge in [-0.2, -0.15) is 5.10 Å². The Hall–Kier alpha value is -1.88. The van der Waals surface area contributed by atoms with Crippen LogP contribution in [0.2, 0.25) is 0 Å². The lowest BCUT2D eigenvalue weighted by Gasteiger charge is -2.33. The first kappa shape index (κ1) is 15.6. The first-order valence-electron chi connectivity index (χ1n) is 8.54. The number of Topliss-reactive ketones (excluding diaryl/α,β-unsaturated/α-hetero) is 1.